The zero-order valence-corrected chi connectivity index (χ0v) is 49.1. The highest BCUT2D eigenvalue weighted by Gasteiger charge is 2.18. The average molecular weight is 1030 g/mol. The molecule has 6 heteroatoms. The Morgan fingerprint density at radius 3 is 1.07 bits per heavy atom. The lowest BCUT2D eigenvalue weighted by Gasteiger charge is -2.20. The van der Waals surface area contributed by atoms with Crippen molar-refractivity contribution in [3.05, 3.63) is 36.5 Å². The Morgan fingerprint density at radius 1 is 0.384 bits per heavy atom. The van der Waals surface area contributed by atoms with E-state index in [0.717, 1.165) is 51.4 Å². The van der Waals surface area contributed by atoms with Gasteiger partial charge in [0.25, 0.3) is 0 Å². The van der Waals surface area contributed by atoms with Gasteiger partial charge in [0, 0.05) is 12.8 Å². The first-order valence-corrected chi connectivity index (χ1v) is 32.8. The number of hydrogen-bond donors (Lipinski definition) is 3. The van der Waals surface area contributed by atoms with E-state index in [9.17, 15) is 19.8 Å². The molecule has 2 unspecified atom stereocenters. The Bertz CT molecular complexity index is 1180. The predicted molar refractivity (Wildman–Crippen MR) is 319 cm³/mol. The van der Waals surface area contributed by atoms with Crippen LogP contribution in [-0.4, -0.2) is 47.4 Å². The fourth-order valence-electron chi connectivity index (χ4n) is 10.1. The third kappa shape index (κ3) is 59.2. The van der Waals surface area contributed by atoms with E-state index in [1.165, 1.54) is 276 Å². The molecule has 0 aromatic heterocycles. The smallest absolute Gasteiger partial charge is 0.305 e. The molecule has 430 valence electrons. The van der Waals surface area contributed by atoms with Crippen molar-refractivity contribution in [3.63, 3.8) is 0 Å². The lowest BCUT2D eigenvalue weighted by atomic mass is 10.0. The molecule has 0 fully saturated rings. The number of aliphatic hydroxyl groups is 2. The SMILES string of the molecule is CCCCC/C=C\C/C=C\CCCCCCCCCCCC(=O)OCCCCCCCCCCCCCCCCCCCCCCCCCCC(=O)NC(CO)C(O)/C=C/CCCCCCCCCCCCC. The number of amides is 1. The largest absolute Gasteiger partial charge is 0.466 e. The number of carbonyl (C=O) groups is 2. The summed E-state index contributed by atoms with van der Waals surface area (Å²) >= 11 is 0. The molecule has 0 aromatic carbocycles. The van der Waals surface area contributed by atoms with Crippen LogP contribution in [0.4, 0.5) is 0 Å². The molecule has 0 rings (SSSR count). The van der Waals surface area contributed by atoms with Gasteiger partial charge in [-0.1, -0.05) is 314 Å². The molecule has 0 aliphatic heterocycles. The molecule has 0 aliphatic carbocycles. The third-order valence-electron chi connectivity index (χ3n) is 15.2. The van der Waals surface area contributed by atoms with Crippen LogP contribution in [0, 0.1) is 0 Å². The maximum Gasteiger partial charge on any atom is 0.305 e. The van der Waals surface area contributed by atoms with Gasteiger partial charge < -0.3 is 20.3 Å². The number of hydrogen-bond acceptors (Lipinski definition) is 5. The number of unbranched alkanes of at least 4 members (excludes halogenated alkanes) is 46. The number of nitrogens with one attached hydrogen (secondary N) is 1. The Balaban J connectivity index is 3.36. The maximum absolute atomic E-state index is 12.5. The number of allylic oxidation sites excluding steroid dienone is 5. The van der Waals surface area contributed by atoms with Gasteiger partial charge in [-0.25, -0.2) is 0 Å². The van der Waals surface area contributed by atoms with Crippen molar-refractivity contribution in [2.75, 3.05) is 13.2 Å². The minimum absolute atomic E-state index is 0.0114. The summed E-state index contributed by atoms with van der Waals surface area (Å²) in [4.78, 5) is 24.6. The second-order valence-corrected chi connectivity index (χ2v) is 22.5. The van der Waals surface area contributed by atoms with Gasteiger partial charge in [-0.3, -0.25) is 9.59 Å². The van der Waals surface area contributed by atoms with Gasteiger partial charge in [-0.05, 0) is 64.2 Å². The molecule has 2 atom stereocenters. The highest BCUT2D eigenvalue weighted by Crippen LogP contribution is 2.18. The van der Waals surface area contributed by atoms with Crippen LogP contribution in [0.15, 0.2) is 36.5 Å². The van der Waals surface area contributed by atoms with Crippen molar-refractivity contribution in [2.45, 2.75) is 366 Å². The normalized spacial score (nSPS) is 12.8. The Kier molecular flexibility index (Phi) is 61.0. The molecule has 0 saturated heterocycles. The first-order valence-electron chi connectivity index (χ1n) is 32.8. The van der Waals surface area contributed by atoms with Crippen molar-refractivity contribution >= 4 is 11.9 Å². The molecule has 3 N–H and O–H groups in total. The van der Waals surface area contributed by atoms with Crippen LogP contribution in [0.2, 0.25) is 0 Å². The molecular weight excluding hydrogens is 899 g/mol. The van der Waals surface area contributed by atoms with E-state index in [1.54, 1.807) is 6.08 Å². The van der Waals surface area contributed by atoms with Crippen LogP contribution >= 0.6 is 0 Å². The highest BCUT2D eigenvalue weighted by atomic mass is 16.5. The number of rotatable bonds is 61. The molecule has 73 heavy (non-hydrogen) atoms. The third-order valence-corrected chi connectivity index (χ3v) is 15.2. The van der Waals surface area contributed by atoms with Crippen molar-refractivity contribution in [1.29, 1.82) is 0 Å². The number of aliphatic hydroxyl groups excluding tert-OH is 2. The van der Waals surface area contributed by atoms with E-state index in [-0.39, 0.29) is 18.5 Å². The zero-order valence-electron chi connectivity index (χ0n) is 49.1. The minimum Gasteiger partial charge on any atom is -0.466 e. The van der Waals surface area contributed by atoms with Crippen molar-refractivity contribution < 1.29 is 24.5 Å². The summed E-state index contributed by atoms with van der Waals surface area (Å²) in [6.45, 7) is 4.89. The predicted octanol–water partition coefficient (Wildman–Crippen LogP) is 20.8. The van der Waals surface area contributed by atoms with Crippen molar-refractivity contribution in [3.8, 4) is 0 Å². The summed E-state index contributed by atoms with van der Waals surface area (Å²) < 4.78 is 5.50. The lowest BCUT2D eigenvalue weighted by Crippen LogP contribution is -2.45. The van der Waals surface area contributed by atoms with Crippen LogP contribution in [0.5, 0.6) is 0 Å². The Hall–Kier alpha value is -1.92. The summed E-state index contributed by atoms with van der Waals surface area (Å²) in [5.41, 5.74) is 0. The van der Waals surface area contributed by atoms with Gasteiger partial charge in [-0.15, -0.1) is 0 Å². The van der Waals surface area contributed by atoms with Gasteiger partial charge >= 0.3 is 5.97 Å². The highest BCUT2D eigenvalue weighted by molar-refractivity contribution is 5.76. The molecule has 0 aliphatic rings. The number of esters is 1. The van der Waals surface area contributed by atoms with E-state index in [4.69, 9.17) is 4.74 Å². The zero-order chi connectivity index (χ0) is 52.9. The Labute approximate surface area is 455 Å². The van der Waals surface area contributed by atoms with Crippen LogP contribution in [0.1, 0.15) is 354 Å². The molecule has 0 radical (unpaired) electrons. The van der Waals surface area contributed by atoms with Gasteiger partial charge in [-0.2, -0.15) is 0 Å². The van der Waals surface area contributed by atoms with E-state index >= 15 is 0 Å². The van der Waals surface area contributed by atoms with Crippen molar-refractivity contribution in [2.24, 2.45) is 0 Å². The summed E-state index contributed by atoms with van der Waals surface area (Å²) in [5.74, 6) is -0.0547. The van der Waals surface area contributed by atoms with E-state index in [2.05, 4.69) is 43.5 Å². The molecular formula is C67H127NO5. The molecule has 0 aromatic rings. The fourth-order valence-corrected chi connectivity index (χ4v) is 10.1. The van der Waals surface area contributed by atoms with Crippen LogP contribution in [0.25, 0.3) is 0 Å². The molecule has 0 heterocycles. The van der Waals surface area contributed by atoms with E-state index in [0.29, 0.717) is 19.4 Å². The van der Waals surface area contributed by atoms with Crippen molar-refractivity contribution in [1.82, 2.24) is 5.32 Å². The van der Waals surface area contributed by atoms with Gasteiger partial charge in [0.05, 0.1) is 25.4 Å². The van der Waals surface area contributed by atoms with Gasteiger partial charge in [0.15, 0.2) is 0 Å². The van der Waals surface area contributed by atoms with Gasteiger partial charge in [0.2, 0.25) is 5.91 Å². The fraction of sp³-hybridized carbons (Fsp3) is 0.881. The van der Waals surface area contributed by atoms with Crippen LogP contribution < -0.4 is 5.32 Å². The standard InChI is InChI=1S/C67H127NO5/c1-3-5-7-9-11-13-15-17-18-19-26-30-33-37-41-45-49-53-57-61-67(72)73-62-58-54-50-46-42-38-34-31-28-25-23-21-20-22-24-27-29-32-36-40-44-48-52-56-60-66(71)68-64(63-69)65(70)59-55-51-47-43-39-35-16-14-12-10-8-6-4-2/h11,13,17-18,55,59,64-65,69-70H,3-10,12,14-16,19-54,56-58,60-63H2,1-2H3,(H,68,71)/b13-11-,18-17-,59-55+. The number of ether oxygens (including phenoxy) is 1. The topological polar surface area (TPSA) is 95.9 Å². The molecule has 6 nitrogen and oxygen atoms in total. The summed E-state index contributed by atoms with van der Waals surface area (Å²) in [7, 11) is 0. The second kappa shape index (κ2) is 62.6. The average Bonchev–Trinajstić information content (AvgIpc) is 3.39. The summed E-state index contributed by atoms with van der Waals surface area (Å²) in [6, 6.07) is -0.626. The summed E-state index contributed by atoms with van der Waals surface area (Å²) in [5, 5.41) is 23.1. The summed E-state index contributed by atoms with van der Waals surface area (Å²) in [6.07, 6.45) is 79.1. The first-order chi connectivity index (χ1) is 36.0. The molecule has 0 saturated carbocycles. The van der Waals surface area contributed by atoms with Crippen LogP contribution in [-0.2, 0) is 14.3 Å². The minimum atomic E-state index is -0.843. The second-order valence-electron chi connectivity index (χ2n) is 22.5. The molecule has 0 spiro atoms. The van der Waals surface area contributed by atoms with E-state index < -0.39 is 12.1 Å². The van der Waals surface area contributed by atoms with E-state index in [1.807, 2.05) is 6.08 Å². The lowest BCUT2D eigenvalue weighted by molar-refractivity contribution is -0.143. The first kappa shape index (κ1) is 71.1. The maximum atomic E-state index is 12.5. The number of carbonyl (C=O) groups excluding carboxylic acids is 2. The molecule has 1 amide bonds. The monoisotopic (exact) mass is 1030 g/mol. The van der Waals surface area contributed by atoms with Gasteiger partial charge in [0.1, 0.15) is 0 Å². The quantitative estimate of drug-likeness (QED) is 0.0320. The van der Waals surface area contributed by atoms with Crippen LogP contribution in [0.3, 0.4) is 0 Å². The Morgan fingerprint density at radius 2 is 0.685 bits per heavy atom. The molecule has 0 bridgehead atoms.